The zero-order chi connectivity index (χ0) is 12.9. The predicted octanol–water partition coefficient (Wildman–Crippen LogP) is 2.19. The van der Waals surface area contributed by atoms with Crippen molar-refractivity contribution >= 4 is 17.7 Å². The molecule has 0 aromatic rings. The van der Waals surface area contributed by atoms with Gasteiger partial charge in [-0.15, -0.1) is 11.8 Å². The monoisotopic (exact) mass is 259 g/mol. The summed E-state index contributed by atoms with van der Waals surface area (Å²) in [7, 11) is 0. The summed E-state index contributed by atoms with van der Waals surface area (Å²) >= 11 is 1.77. The molecular formula is C13H25NO2S. The van der Waals surface area contributed by atoms with Crippen LogP contribution in [-0.2, 0) is 4.79 Å². The Labute approximate surface area is 109 Å². The molecule has 2 atom stereocenters. The second kappa shape index (κ2) is 6.64. The van der Waals surface area contributed by atoms with Gasteiger partial charge in [0, 0.05) is 12.6 Å². The zero-order valence-corrected chi connectivity index (χ0v) is 12.0. The number of hydrogen-bond acceptors (Lipinski definition) is 3. The molecule has 1 rings (SSSR count). The average Bonchev–Trinajstić information content (AvgIpc) is 2.28. The van der Waals surface area contributed by atoms with Crippen molar-refractivity contribution < 1.29 is 9.90 Å². The van der Waals surface area contributed by atoms with Gasteiger partial charge >= 0.3 is 0 Å². The van der Waals surface area contributed by atoms with E-state index >= 15 is 0 Å². The van der Waals surface area contributed by atoms with Gasteiger partial charge in [-0.1, -0.05) is 27.2 Å². The normalized spacial score (nSPS) is 23.2. The second-order valence-electron chi connectivity index (χ2n) is 5.79. The fraction of sp³-hybridized carbons (Fsp3) is 0.923. The van der Waals surface area contributed by atoms with E-state index in [1.165, 1.54) is 6.42 Å². The van der Waals surface area contributed by atoms with E-state index in [1.807, 2.05) is 0 Å². The van der Waals surface area contributed by atoms with Crippen LogP contribution in [0.2, 0.25) is 0 Å². The number of nitrogens with one attached hydrogen (secondary N) is 1. The van der Waals surface area contributed by atoms with Crippen molar-refractivity contribution in [2.45, 2.75) is 57.7 Å². The molecule has 1 fully saturated rings. The number of carbonyl (C=O) groups is 1. The third-order valence-electron chi connectivity index (χ3n) is 3.25. The van der Waals surface area contributed by atoms with Crippen LogP contribution >= 0.6 is 11.8 Å². The number of carbonyl (C=O) groups excluding carboxylic acids is 1. The summed E-state index contributed by atoms with van der Waals surface area (Å²) < 4.78 is 0. The summed E-state index contributed by atoms with van der Waals surface area (Å²) in [6, 6.07) is 0.0579. The average molecular weight is 259 g/mol. The van der Waals surface area contributed by atoms with Crippen molar-refractivity contribution in [2.75, 3.05) is 12.4 Å². The lowest BCUT2D eigenvalue weighted by Gasteiger charge is -2.33. The fourth-order valence-electron chi connectivity index (χ4n) is 2.06. The van der Waals surface area contributed by atoms with Crippen LogP contribution in [0.15, 0.2) is 0 Å². The van der Waals surface area contributed by atoms with Crippen molar-refractivity contribution in [3.05, 3.63) is 0 Å². The van der Waals surface area contributed by atoms with Crippen molar-refractivity contribution in [2.24, 2.45) is 5.41 Å². The van der Waals surface area contributed by atoms with Gasteiger partial charge in [0.2, 0.25) is 5.91 Å². The van der Waals surface area contributed by atoms with Crippen molar-refractivity contribution in [1.29, 1.82) is 0 Å². The standard InChI is InChI=1S/C13H25NO2S/c1-13(2,3)11(7-8-15)14-12(16)10-6-4-5-9-17-10/h10-11,15H,4-9H2,1-3H3,(H,14,16). The Balaban J connectivity index is 2.51. The Hall–Kier alpha value is -0.220. The number of aliphatic hydroxyl groups excluding tert-OH is 1. The van der Waals surface area contributed by atoms with E-state index in [2.05, 4.69) is 26.1 Å². The molecule has 1 heterocycles. The van der Waals surface area contributed by atoms with Crippen LogP contribution in [-0.4, -0.2) is 34.7 Å². The van der Waals surface area contributed by atoms with Gasteiger partial charge in [0.15, 0.2) is 0 Å². The minimum atomic E-state index is -0.00226. The van der Waals surface area contributed by atoms with Crippen LogP contribution in [0.25, 0.3) is 0 Å². The van der Waals surface area contributed by atoms with Crippen LogP contribution in [0.4, 0.5) is 0 Å². The molecule has 0 bridgehead atoms. The van der Waals surface area contributed by atoms with Crippen LogP contribution in [0, 0.1) is 5.41 Å². The molecule has 0 saturated carbocycles. The first-order valence-electron chi connectivity index (χ1n) is 6.48. The summed E-state index contributed by atoms with van der Waals surface area (Å²) in [6.45, 7) is 6.42. The van der Waals surface area contributed by atoms with Crippen molar-refractivity contribution in [3.8, 4) is 0 Å². The second-order valence-corrected chi connectivity index (χ2v) is 7.11. The topological polar surface area (TPSA) is 49.3 Å². The van der Waals surface area contributed by atoms with Crippen molar-refractivity contribution in [3.63, 3.8) is 0 Å². The first-order valence-corrected chi connectivity index (χ1v) is 7.53. The fourth-order valence-corrected chi connectivity index (χ4v) is 3.27. The van der Waals surface area contributed by atoms with Gasteiger partial charge in [0.1, 0.15) is 0 Å². The molecule has 1 aliphatic rings. The summed E-state index contributed by atoms with van der Waals surface area (Å²) in [6.07, 6.45) is 4.01. The molecule has 0 radical (unpaired) electrons. The lowest BCUT2D eigenvalue weighted by molar-refractivity contribution is -0.122. The van der Waals surface area contributed by atoms with Gasteiger partial charge in [0.05, 0.1) is 5.25 Å². The summed E-state index contributed by atoms with van der Waals surface area (Å²) in [5.74, 6) is 1.25. The number of amides is 1. The quantitative estimate of drug-likeness (QED) is 0.813. The first kappa shape index (κ1) is 14.8. The molecule has 0 aliphatic carbocycles. The molecule has 0 aromatic carbocycles. The molecule has 100 valence electrons. The van der Waals surface area contributed by atoms with E-state index in [0.717, 1.165) is 18.6 Å². The molecule has 4 heteroatoms. The van der Waals surface area contributed by atoms with Crippen LogP contribution < -0.4 is 5.32 Å². The Morgan fingerprint density at radius 1 is 1.47 bits per heavy atom. The zero-order valence-electron chi connectivity index (χ0n) is 11.2. The van der Waals surface area contributed by atoms with Gasteiger partial charge in [-0.3, -0.25) is 4.79 Å². The van der Waals surface area contributed by atoms with E-state index in [0.29, 0.717) is 6.42 Å². The highest BCUT2D eigenvalue weighted by Gasteiger charge is 2.29. The Bertz CT molecular complexity index is 244. The van der Waals surface area contributed by atoms with Crippen LogP contribution in [0.3, 0.4) is 0 Å². The number of aliphatic hydroxyl groups is 1. The smallest absolute Gasteiger partial charge is 0.233 e. The van der Waals surface area contributed by atoms with Crippen LogP contribution in [0.5, 0.6) is 0 Å². The predicted molar refractivity (Wildman–Crippen MR) is 73.2 cm³/mol. The number of rotatable bonds is 4. The van der Waals surface area contributed by atoms with E-state index in [4.69, 9.17) is 5.11 Å². The SMILES string of the molecule is CC(C)(C)C(CCO)NC(=O)C1CCCCS1. The first-order chi connectivity index (χ1) is 7.95. The van der Waals surface area contributed by atoms with E-state index < -0.39 is 0 Å². The lowest BCUT2D eigenvalue weighted by atomic mass is 9.85. The van der Waals surface area contributed by atoms with E-state index in [9.17, 15) is 4.79 Å². The van der Waals surface area contributed by atoms with Crippen LogP contribution in [0.1, 0.15) is 46.5 Å². The molecule has 1 saturated heterocycles. The van der Waals surface area contributed by atoms with Gasteiger partial charge in [-0.2, -0.15) is 0 Å². The molecule has 2 N–H and O–H groups in total. The Kier molecular flexibility index (Phi) is 5.80. The molecule has 17 heavy (non-hydrogen) atoms. The van der Waals surface area contributed by atoms with Crippen molar-refractivity contribution in [1.82, 2.24) is 5.32 Å². The molecule has 1 aliphatic heterocycles. The minimum absolute atomic E-state index is 0.00226. The third kappa shape index (κ3) is 4.88. The summed E-state index contributed by atoms with van der Waals surface area (Å²) in [4.78, 5) is 12.1. The molecule has 2 unspecified atom stereocenters. The largest absolute Gasteiger partial charge is 0.396 e. The Morgan fingerprint density at radius 2 is 2.18 bits per heavy atom. The summed E-state index contributed by atoms with van der Waals surface area (Å²) in [5.41, 5.74) is -0.00226. The maximum atomic E-state index is 12.1. The number of hydrogen-bond donors (Lipinski definition) is 2. The van der Waals surface area contributed by atoms with E-state index in [1.54, 1.807) is 11.8 Å². The molecule has 3 nitrogen and oxygen atoms in total. The molecule has 0 spiro atoms. The molecule has 0 aromatic heterocycles. The van der Waals surface area contributed by atoms with Gasteiger partial charge < -0.3 is 10.4 Å². The maximum absolute atomic E-state index is 12.1. The van der Waals surface area contributed by atoms with Gasteiger partial charge in [-0.25, -0.2) is 0 Å². The summed E-state index contributed by atoms with van der Waals surface area (Å²) in [5, 5.41) is 12.3. The van der Waals surface area contributed by atoms with Gasteiger partial charge in [-0.05, 0) is 30.4 Å². The lowest BCUT2D eigenvalue weighted by Crippen LogP contribution is -2.47. The maximum Gasteiger partial charge on any atom is 0.233 e. The number of thioether (sulfide) groups is 1. The molecule has 1 amide bonds. The van der Waals surface area contributed by atoms with E-state index in [-0.39, 0.29) is 29.2 Å². The highest BCUT2D eigenvalue weighted by molar-refractivity contribution is 8.00. The van der Waals surface area contributed by atoms with Gasteiger partial charge in [0.25, 0.3) is 0 Å². The minimum Gasteiger partial charge on any atom is -0.396 e. The third-order valence-corrected chi connectivity index (χ3v) is 4.63. The Morgan fingerprint density at radius 3 is 2.65 bits per heavy atom. The highest BCUT2D eigenvalue weighted by Crippen LogP contribution is 2.27. The molecular weight excluding hydrogens is 234 g/mol. The highest BCUT2D eigenvalue weighted by atomic mass is 32.2.